The van der Waals surface area contributed by atoms with Gasteiger partial charge in [-0.25, -0.2) is 4.98 Å². The fourth-order valence-electron chi connectivity index (χ4n) is 3.32. The third-order valence-corrected chi connectivity index (χ3v) is 5.07. The van der Waals surface area contributed by atoms with Crippen LogP contribution in [0.3, 0.4) is 0 Å². The second-order valence-electron chi connectivity index (χ2n) is 6.90. The summed E-state index contributed by atoms with van der Waals surface area (Å²) in [5, 5.41) is 3.14. The van der Waals surface area contributed by atoms with E-state index >= 15 is 0 Å². The zero-order valence-electron chi connectivity index (χ0n) is 17.8. The smallest absolute Gasteiger partial charge is 0.251 e. The number of nitrogens with one attached hydrogen (secondary N) is 1. The molecule has 1 fully saturated rings. The summed E-state index contributed by atoms with van der Waals surface area (Å²) in [5.74, 6) is 1.44. The molecule has 0 bridgehead atoms. The summed E-state index contributed by atoms with van der Waals surface area (Å²) in [4.78, 5) is 33.2. The average molecular weight is 447 g/mol. The van der Waals surface area contributed by atoms with Gasteiger partial charge in [-0.05, 0) is 44.2 Å². The van der Waals surface area contributed by atoms with E-state index in [1.807, 2.05) is 26.0 Å². The zero-order valence-corrected chi connectivity index (χ0v) is 18.5. The molecule has 1 aliphatic heterocycles. The number of carbonyl (C=O) groups is 2. The van der Waals surface area contributed by atoms with Gasteiger partial charge in [-0.2, -0.15) is 0 Å². The molecule has 8 nitrogen and oxygen atoms in total. The van der Waals surface area contributed by atoms with Crippen molar-refractivity contribution in [2.75, 3.05) is 50.8 Å². The number of hydrogen-bond donors (Lipinski definition) is 1. The van der Waals surface area contributed by atoms with Crippen LogP contribution in [0.5, 0.6) is 11.5 Å². The first-order valence-corrected chi connectivity index (χ1v) is 10.7. The molecule has 0 radical (unpaired) electrons. The lowest BCUT2D eigenvalue weighted by molar-refractivity contribution is -0.130. The summed E-state index contributed by atoms with van der Waals surface area (Å²) >= 11 is 5.96. The highest BCUT2D eigenvalue weighted by molar-refractivity contribution is 6.29. The first-order chi connectivity index (χ1) is 15.0. The standard InChI is InChI=1S/C22H27ClN4O4/c1-3-30-17-9-8-16(14-18(17)31-4-2)22(29)24-15-21(28)27-12-10-26(11-13-27)20-7-5-6-19(23)25-20/h5-9,14H,3-4,10-13,15H2,1-2H3,(H,24,29). The lowest BCUT2D eigenvalue weighted by Gasteiger charge is -2.35. The molecular formula is C22H27ClN4O4. The number of aromatic nitrogens is 1. The maximum atomic E-state index is 12.6. The molecule has 1 aliphatic rings. The van der Waals surface area contributed by atoms with E-state index in [2.05, 4.69) is 15.2 Å². The van der Waals surface area contributed by atoms with Gasteiger partial charge < -0.3 is 24.6 Å². The molecule has 1 saturated heterocycles. The van der Waals surface area contributed by atoms with E-state index in [0.29, 0.717) is 61.6 Å². The number of carbonyl (C=O) groups excluding carboxylic acids is 2. The molecule has 3 rings (SSSR count). The number of amides is 2. The van der Waals surface area contributed by atoms with Gasteiger partial charge in [-0.15, -0.1) is 0 Å². The molecule has 166 valence electrons. The van der Waals surface area contributed by atoms with Crippen molar-refractivity contribution in [2.45, 2.75) is 13.8 Å². The number of anilines is 1. The van der Waals surface area contributed by atoms with Crippen LogP contribution in [0, 0.1) is 0 Å². The highest BCUT2D eigenvalue weighted by Gasteiger charge is 2.22. The quantitative estimate of drug-likeness (QED) is 0.627. The first kappa shape index (κ1) is 22.7. The van der Waals surface area contributed by atoms with E-state index < -0.39 is 0 Å². The van der Waals surface area contributed by atoms with Crippen LogP contribution in [0.1, 0.15) is 24.2 Å². The molecule has 0 spiro atoms. The molecule has 0 atom stereocenters. The molecule has 31 heavy (non-hydrogen) atoms. The van der Waals surface area contributed by atoms with Crippen LogP contribution in [-0.2, 0) is 4.79 Å². The molecule has 0 aliphatic carbocycles. The Balaban J connectivity index is 1.51. The second-order valence-corrected chi connectivity index (χ2v) is 7.28. The predicted molar refractivity (Wildman–Crippen MR) is 119 cm³/mol. The number of ether oxygens (including phenoxy) is 2. The van der Waals surface area contributed by atoms with E-state index in [0.717, 1.165) is 5.82 Å². The van der Waals surface area contributed by atoms with Crippen molar-refractivity contribution in [2.24, 2.45) is 0 Å². The maximum Gasteiger partial charge on any atom is 0.251 e. The molecule has 1 aromatic carbocycles. The van der Waals surface area contributed by atoms with Gasteiger partial charge in [0.15, 0.2) is 11.5 Å². The van der Waals surface area contributed by atoms with E-state index in [9.17, 15) is 9.59 Å². The Morgan fingerprint density at radius 3 is 2.42 bits per heavy atom. The summed E-state index contributed by atoms with van der Waals surface area (Å²) in [5.41, 5.74) is 0.413. The summed E-state index contributed by atoms with van der Waals surface area (Å²) in [6.45, 7) is 7.07. The molecular weight excluding hydrogens is 420 g/mol. The number of benzene rings is 1. The predicted octanol–water partition coefficient (Wildman–Crippen LogP) is 2.61. The van der Waals surface area contributed by atoms with Gasteiger partial charge >= 0.3 is 0 Å². The van der Waals surface area contributed by atoms with Gasteiger partial charge in [0.2, 0.25) is 5.91 Å². The molecule has 9 heteroatoms. The summed E-state index contributed by atoms with van der Waals surface area (Å²) in [6.07, 6.45) is 0. The van der Waals surface area contributed by atoms with Gasteiger partial charge in [0.05, 0.1) is 19.8 Å². The Hall–Kier alpha value is -3.00. The fraction of sp³-hybridized carbons (Fsp3) is 0.409. The van der Waals surface area contributed by atoms with Crippen LogP contribution in [0.2, 0.25) is 5.15 Å². The minimum absolute atomic E-state index is 0.0641. The molecule has 0 unspecified atom stereocenters. The Bertz CT molecular complexity index is 916. The molecule has 0 saturated carbocycles. The third kappa shape index (κ3) is 6.01. The molecule has 1 N–H and O–H groups in total. The van der Waals surface area contributed by atoms with Gasteiger partial charge in [0.25, 0.3) is 5.91 Å². The fourth-order valence-corrected chi connectivity index (χ4v) is 3.48. The van der Waals surface area contributed by atoms with Crippen molar-refractivity contribution in [3.8, 4) is 11.5 Å². The molecule has 2 amide bonds. The van der Waals surface area contributed by atoms with Crippen molar-refractivity contribution in [3.63, 3.8) is 0 Å². The largest absolute Gasteiger partial charge is 0.490 e. The first-order valence-electron chi connectivity index (χ1n) is 10.3. The zero-order chi connectivity index (χ0) is 22.2. The summed E-state index contributed by atoms with van der Waals surface area (Å²) < 4.78 is 11.1. The number of pyridine rings is 1. The third-order valence-electron chi connectivity index (χ3n) is 4.86. The van der Waals surface area contributed by atoms with E-state index in [1.165, 1.54) is 0 Å². The van der Waals surface area contributed by atoms with Crippen LogP contribution in [0.15, 0.2) is 36.4 Å². The van der Waals surface area contributed by atoms with Gasteiger partial charge in [-0.1, -0.05) is 17.7 Å². The van der Waals surface area contributed by atoms with E-state index in [-0.39, 0.29) is 18.4 Å². The Morgan fingerprint density at radius 2 is 1.74 bits per heavy atom. The molecule has 1 aromatic heterocycles. The van der Waals surface area contributed by atoms with Gasteiger partial charge in [0.1, 0.15) is 11.0 Å². The molecule has 2 aromatic rings. The SMILES string of the molecule is CCOc1ccc(C(=O)NCC(=O)N2CCN(c3cccc(Cl)n3)CC2)cc1OCC. The number of nitrogens with zero attached hydrogens (tertiary/aromatic N) is 3. The van der Waals surface area contributed by atoms with Crippen molar-refractivity contribution >= 4 is 29.2 Å². The van der Waals surface area contributed by atoms with E-state index in [1.54, 1.807) is 29.2 Å². The highest BCUT2D eigenvalue weighted by Crippen LogP contribution is 2.28. The van der Waals surface area contributed by atoms with Crippen molar-refractivity contribution < 1.29 is 19.1 Å². The molecule has 2 heterocycles. The minimum Gasteiger partial charge on any atom is -0.490 e. The van der Waals surface area contributed by atoms with Crippen LogP contribution >= 0.6 is 11.6 Å². The average Bonchev–Trinajstić information content (AvgIpc) is 2.79. The number of rotatable bonds is 8. The van der Waals surface area contributed by atoms with Crippen LogP contribution < -0.4 is 19.7 Å². The lowest BCUT2D eigenvalue weighted by Crippen LogP contribution is -2.51. The maximum absolute atomic E-state index is 12.6. The highest BCUT2D eigenvalue weighted by atomic mass is 35.5. The second kappa shape index (κ2) is 10.9. The van der Waals surface area contributed by atoms with Gasteiger partial charge in [-0.3, -0.25) is 9.59 Å². The van der Waals surface area contributed by atoms with Crippen molar-refractivity contribution in [3.05, 3.63) is 47.1 Å². The van der Waals surface area contributed by atoms with Crippen molar-refractivity contribution in [1.82, 2.24) is 15.2 Å². The Labute approximate surface area is 187 Å². The van der Waals surface area contributed by atoms with Gasteiger partial charge in [0, 0.05) is 31.7 Å². The number of halogens is 1. The normalized spacial score (nSPS) is 13.6. The van der Waals surface area contributed by atoms with Crippen LogP contribution in [0.25, 0.3) is 0 Å². The monoisotopic (exact) mass is 446 g/mol. The Kier molecular flexibility index (Phi) is 7.94. The van der Waals surface area contributed by atoms with Crippen molar-refractivity contribution in [1.29, 1.82) is 0 Å². The number of piperazine rings is 1. The lowest BCUT2D eigenvalue weighted by atomic mass is 10.2. The van der Waals surface area contributed by atoms with Crippen LogP contribution in [0.4, 0.5) is 5.82 Å². The Morgan fingerprint density at radius 1 is 1.03 bits per heavy atom. The summed E-state index contributed by atoms with van der Waals surface area (Å²) in [6, 6.07) is 10.5. The summed E-state index contributed by atoms with van der Waals surface area (Å²) in [7, 11) is 0. The number of hydrogen-bond acceptors (Lipinski definition) is 6. The van der Waals surface area contributed by atoms with E-state index in [4.69, 9.17) is 21.1 Å². The van der Waals surface area contributed by atoms with Crippen LogP contribution in [-0.4, -0.2) is 67.6 Å². The topological polar surface area (TPSA) is 84.0 Å². The minimum atomic E-state index is -0.334.